The Hall–Kier alpha value is -0.590. The van der Waals surface area contributed by atoms with Crippen LogP contribution in [0.15, 0.2) is 11.6 Å². The lowest BCUT2D eigenvalue weighted by Crippen LogP contribution is -2.37. The highest BCUT2D eigenvalue weighted by Crippen LogP contribution is 2.51. The van der Waals surface area contributed by atoms with E-state index in [0.29, 0.717) is 11.3 Å². The Bertz CT molecular complexity index is 305. The van der Waals surface area contributed by atoms with E-state index in [1.54, 1.807) is 0 Å². The molecule has 0 bridgehead atoms. The standard InChI is InChI=1S/C15H24O/c1-11-5-4-7-15(3)8-6-13(9-14(11)15)12(2)10-16/h9-12,14H,4-8H2,1-3H3/t11-,12?,14+,15+/m1/s1. The molecule has 0 aromatic carbocycles. The highest BCUT2D eigenvalue weighted by molar-refractivity contribution is 5.58. The van der Waals surface area contributed by atoms with Gasteiger partial charge in [-0.05, 0) is 36.5 Å². The van der Waals surface area contributed by atoms with Crippen molar-refractivity contribution in [1.82, 2.24) is 0 Å². The first-order valence-corrected chi connectivity index (χ1v) is 6.73. The molecular weight excluding hydrogens is 196 g/mol. The van der Waals surface area contributed by atoms with Gasteiger partial charge in [0.15, 0.2) is 0 Å². The minimum atomic E-state index is 0.138. The maximum absolute atomic E-state index is 10.9. The van der Waals surface area contributed by atoms with E-state index in [9.17, 15) is 4.79 Å². The third kappa shape index (κ3) is 1.97. The van der Waals surface area contributed by atoms with Crippen LogP contribution in [0.25, 0.3) is 0 Å². The smallest absolute Gasteiger partial charge is 0.126 e. The molecule has 2 rings (SSSR count). The summed E-state index contributed by atoms with van der Waals surface area (Å²) in [5.74, 6) is 1.65. The molecule has 0 aromatic heterocycles. The number of allylic oxidation sites excluding steroid dienone is 2. The van der Waals surface area contributed by atoms with E-state index in [-0.39, 0.29) is 5.92 Å². The average molecular weight is 220 g/mol. The van der Waals surface area contributed by atoms with Crippen molar-refractivity contribution in [2.24, 2.45) is 23.2 Å². The van der Waals surface area contributed by atoms with Crippen LogP contribution in [0.1, 0.15) is 52.9 Å². The number of hydrogen-bond donors (Lipinski definition) is 0. The number of carbonyl (C=O) groups excluding carboxylic acids is 1. The summed E-state index contributed by atoms with van der Waals surface area (Å²) in [5, 5.41) is 0. The average Bonchev–Trinajstić information content (AvgIpc) is 2.27. The van der Waals surface area contributed by atoms with Gasteiger partial charge in [-0.25, -0.2) is 0 Å². The first kappa shape index (κ1) is 11.9. The fourth-order valence-electron chi connectivity index (χ4n) is 3.73. The Labute approximate surface area is 99.3 Å². The van der Waals surface area contributed by atoms with E-state index in [1.165, 1.54) is 31.3 Å². The van der Waals surface area contributed by atoms with Crippen LogP contribution in [0.4, 0.5) is 0 Å². The molecule has 0 saturated heterocycles. The molecule has 90 valence electrons. The fourth-order valence-corrected chi connectivity index (χ4v) is 3.73. The molecule has 0 radical (unpaired) electrons. The Morgan fingerprint density at radius 3 is 2.94 bits per heavy atom. The van der Waals surface area contributed by atoms with Crippen molar-refractivity contribution in [3.63, 3.8) is 0 Å². The lowest BCUT2D eigenvalue weighted by atomic mass is 9.58. The van der Waals surface area contributed by atoms with Gasteiger partial charge in [-0.2, -0.15) is 0 Å². The first-order chi connectivity index (χ1) is 7.57. The van der Waals surface area contributed by atoms with Gasteiger partial charge in [-0.15, -0.1) is 0 Å². The largest absolute Gasteiger partial charge is 0.303 e. The minimum absolute atomic E-state index is 0.138. The van der Waals surface area contributed by atoms with Gasteiger partial charge in [0.25, 0.3) is 0 Å². The summed E-state index contributed by atoms with van der Waals surface area (Å²) in [6, 6.07) is 0. The van der Waals surface area contributed by atoms with Crippen molar-refractivity contribution in [2.75, 3.05) is 0 Å². The third-order valence-electron chi connectivity index (χ3n) is 4.99. The molecule has 1 nitrogen and oxygen atoms in total. The summed E-state index contributed by atoms with van der Waals surface area (Å²) in [7, 11) is 0. The van der Waals surface area contributed by atoms with Crippen LogP contribution in [-0.4, -0.2) is 6.29 Å². The Morgan fingerprint density at radius 1 is 1.50 bits per heavy atom. The lowest BCUT2D eigenvalue weighted by Gasteiger charge is -2.47. The highest BCUT2D eigenvalue weighted by Gasteiger charge is 2.41. The van der Waals surface area contributed by atoms with Crippen molar-refractivity contribution in [2.45, 2.75) is 52.9 Å². The van der Waals surface area contributed by atoms with Gasteiger partial charge in [-0.1, -0.05) is 45.3 Å². The molecule has 1 fully saturated rings. The summed E-state index contributed by atoms with van der Waals surface area (Å²) >= 11 is 0. The summed E-state index contributed by atoms with van der Waals surface area (Å²) in [4.78, 5) is 10.9. The molecule has 0 aliphatic heterocycles. The number of hydrogen-bond acceptors (Lipinski definition) is 1. The Balaban J connectivity index is 2.24. The fraction of sp³-hybridized carbons (Fsp3) is 0.800. The minimum Gasteiger partial charge on any atom is -0.303 e. The number of fused-ring (bicyclic) bond motifs is 1. The van der Waals surface area contributed by atoms with E-state index in [1.807, 2.05) is 6.92 Å². The van der Waals surface area contributed by atoms with E-state index >= 15 is 0 Å². The predicted octanol–water partition coefficient (Wildman–Crippen LogP) is 3.98. The van der Waals surface area contributed by atoms with Crippen LogP contribution in [0.5, 0.6) is 0 Å². The molecule has 1 heteroatoms. The number of carbonyl (C=O) groups is 1. The number of rotatable bonds is 2. The second-order valence-corrected chi connectivity index (χ2v) is 6.22. The van der Waals surface area contributed by atoms with Crippen molar-refractivity contribution < 1.29 is 4.79 Å². The molecule has 4 atom stereocenters. The van der Waals surface area contributed by atoms with Crippen molar-refractivity contribution in [1.29, 1.82) is 0 Å². The van der Waals surface area contributed by atoms with Crippen molar-refractivity contribution in [3.8, 4) is 0 Å². The SMILES string of the molecule is CC(C=O)C1=C[C@H]2[C@H](C)CCC[C@@]2(C)CC1. The molecule has 1 saturated carbocycles. The quantitative estimate of drug-likeness (QED) is 0.508. The number of aldehydes is 1. The van der Waals surface area contributed by atoms with Gasteiger partial charge in [0, 0.05) is 5.92 Å². The maximum Gasteiger partial charge on any atom is 0.126 e. The van der Waals surface area contributed by atoms with Crippen LogP contribution in [0.2, 0.25) is 0 Å². The van der Waals surface area contributed by atoms with Gasteiger partial charge >= 0.3 is 0 Å². The van der Waals surface area contributed by atoms with E-state index in [2.05, 4.69) is 19.9 Å². The monoisotopic (exact) mass is 220 g/mol. The molecule has 2 aliphatic carbocycles. The normalized spacial score (nSPS) is 40.8. The first-order valence-electron chi connectivity index (χ1n) is 6.73. The van der Waals surface area contributed by atoms with Gasteiger partial charge in [0.05, 0.1) is 0 Å². The Morgan fingerprint density at radius 2 is 2.25 bits per heavy atom. The van der Waals surface area contributed by atoms with Crippen LogP contribution >= 0.6 is 0 Å². The summed E-state index contributed by atoms with van der Waals surface area (Å²) < 4.78 is 0. The van der Waals surface area contributed by atoms with E-state index in [4.69, 9.17) is 0 Å². The maximum atomic E-state index is 10.9. The molecule has 0 heterocycles. The summed E-state index contributed by atoms with van der Waals surface area (Å²) in [6.45, 7) is 6.87. The molecule has 0 spiro atoms. The summed E-state index contributed by atoms with van der Waals surface area (Å²) in [6.07, 6.45) is 10.1. The molecule has 2 aliphatic rings. The van der Waals surface area contributed by atoms with Crippen LogP contribution < -0.4 is 0 Å². The second-order valence-electron chi connectivity index (χ2n) is 6.22. The van der Waals surface area contributed by atoms with Gasteiger partial charge in [0.2, 0.25) is 0 Å². The van der Waals surface area contributed by atoms with Gasteiger partial charge < -0.3 is 4.79 Å². The molecule has 1 unspecified atom stereocenters. The second kappa shape index (κ2) is 4.35. The highest BCUT2D eigenvalue weighted by atomic mass is 16.1. The summed E-state index contributed by atoms with van der Waals surface area (Å²) in [5.41, 5.74) is 1.91. The third-order valence-corrected chi connectivity index (χ3v) is 4.99. The molecular formula is C15H24O. The van der Waals surface area contributed by atoms with Gasteiger partial charge in [-0.3, -0.25) is 0 Å². The van der Waals surface area contributed by atoms with E-state index < -0.39 is 0 Å². The zero-order valence-electron chi connectivity index (χ0n) is 10.8. The van der Waals surface area contributed by atoms with E-state index in [0.717, 1.165) is 18.6 Å². The van der Waals surface area contributed by atoms with Gasteiger partial charge in [0.1, 0.15) is 6.29 Å². The molecule has 0 aromatic rings. The zero-order chi connectivity index (χ0) is 11.8. The predicted molar refractivity (Wildman–Crippen MR) is 67.2 cm³/mol. The lowest BCUT2D eigenvalue weighted by molar-refractivity contribution is -0.109. The van der Waals surface area contributed by atoms with Crippen LogP contribution in [0, 0.1) is 23.2 Å². The molecule has 16 heavy (non-hydrogen) atoms. The van der Waals surface area contributed by atoms with Crippen LogP contribution in [0.3, 0.4) is 0 Å². The van der Waals surface area contributed by atoms with Crippen molar-refractivity contribution >= 4 is 6.29 Å². The Kier molecular flexibility index (Phi) is 3.23. The zero-order valence-corrected chi connectivity index (χ0v) is 10.8. The van der Waals surface area contributed by atoms with Crippen LogP contribution in [-0.2, 0) is 4.79 Å². The topological polar surface area (TPSA) is 17.1 Å². The molecule has 0 amide bonds. The van der Waals surface area contributed by atoms with Crippen molar-refractivity contribution in [3.05, 3.63) is 11.6 Å². The molecule has 0 N–H and O–H groups in total.